The van der Waals surface area contributed by atoms with E-state index in [0.29, 0.717) is 0 Å². The smallest absolute Gasteiger partial charge is 0.0257 e. The van der Waals surface area contributed by atoms with Gasteiger partial charge >= 0.3 is 0 Å². The van der Waals surface area contributed by atoms with Crippen LogP contribution in [-0.2, 0) is 0 Å². The van der Waals surface area contributed by atoms with Crippen molar-refractivity contribution in [3.8, 4) is 0 Å². The van der Waals surface area contributed by atoms with E-state index in [9.17, 15) is 0 Å². The highest BCUT2D eigenvalue weighted by atomic mass is 15.2. The lowest BCUT2D eigenvalue weighted by atomic mass is 9.93. The summed E-state index contributed by atoms with van der Waals surface area (Å²) in [7, 11) is 2.25. The van der Waals surface area contributed by atoms with Gasteiger partial charge in [-0.25, -0.2) is 0 Å². The van der Waals surface area contributed by atoms with Crippen molar-refractivity contribution in [3.63, 3.8) is 0 Å². The zero-order valence-electron chi connectivity index (χ0n) is 10.6. The molecule has 0 amide bonds. The van der Waals surface area contributed by atoms with Crippen molar-refractivity contribution in [1.29, 1.82) is 0 Å². The Morgan fingerprint density at radius 1 is 1.07 bits per heavy atom. The van der Waals surface area contributed by atoms with Crippen LogP contribution in [0.1, 0.15) is 40.5 Å². The van der Waals surface area contributed by atoms with E-state index in [1.807, 2.05) is 27.7 Å². The van der Waals surface area contributed by atoms with Crippen molar-refractivity contribution in [2.24, 2.45) is 5.92 Å². The van der Waals surface area contributed by atoms with Gasteiger partial charge < -0.3 is 10.2 Å². The summed E-state index contributed by atoms with van der Waals surface area (Å²) in [4.78, 5) is 2.51. The third-order valence-corrected chi connectivity index (χ3v) is 2.96. The molecule has 2 unspecified atom stereocenters. The van der Waals surface area contributed by atoms with E-state index < -0.39 is 0 Å². The standard InChI is InChI=1S/C8H16N2.2C2H6/c1-10-4-2-3-7-5-9-6-8(7)10;2*1-2/h7-9H,2-6H2,1H3;2*1-2H3. The molecule has 0 radical (unpaired) electrons. The van der Waals surface area contributed by atoms with Gasteiger partial charge in [0, 0.05) is 12.6 Å². The first-order chi connectivity index (χ1) is 6.88. The lowest BCUT2D eigenvalue weighted by Gasteiger charge is -2.33. The molecule has 1 N–H and O–H groups in total. The highest BCUT2D eigenvalue weighted by molar-refractivity contribution is 4.90. The first-order valence-electron chi connectivity index (χ1n) is 6.29. The van der Waals surface area contributed by atoms with Crippen LogP contribution in [0.5, 0.6) is 0 Å². The number of rotatable bonds is 0. The van der Waals surface area contributed by atoms with Gasteiger partial charge in [0.05, 0.1) is 0 Å². The van der Waals surface area contributed by atoms with Crippen LogP contribution >= 0.6 is 0 Å². The number of hydrogen-bond donors (Lipinski definition) is 1. The summed E-state index contributed by atoms with van der Waals surface area (Å²) < 4.78 is 0. The molecular formula is C12H28N2. The van der Waals surface area contributed by atoms with Gasteiger partial charge in [-0.05, 0) is 38.9 Å². The van der Waals surface area contributed by atoms with E-state index in [0.717, 1.165) is 12.0 Å². The first kappa shape index (κ1) is 13.9. The van der Waals surface area contributed by atoms with Gasteiger partial charge in [0.1, 0.15) is 0 Å². The maximum absolute atomic E-state index is 3.45. The number of hydrogen-bond acceptors (Lipinski definition) is 2. The molecule has 2 aliphatic rings. The van der Waals surface area contributed by atoms with Crippen LogP contribution in [0.4, 0.5) is 0 Å². The van der Waals surface area contributed by atoms with Crippen molar-refractivity contribution in [2.75, 3.05) is 26.7 Å². The average molecular weight is 200 g/mol. The maximum Gasteiger partial charge on any atom is 0.0257 e. The summed E-state index contributed by atoms with van der Waals surface area (Å²) in [5, 5.41) is 3.45. The molecule has 0 aromatic rings. The molecular weight excluding hydrogens is 172 g/mol. The van der Waals surface area contributed by atoms with Gasteiger partial charge in [-0.15, -0.1) is 0 Å². The van der Waals surface area contributed by atoms with E-state index in [4.69, 9.17) is 0 Å². The lowest BCUT2D eigenvalue weighted by molar-refractivity contribution is 0.158. The number of likely N-dealkylation sites (N-methyl/N-ethyl adjacent to an activating group) is 1. The van der Waals surface area contributed by atoms with E-state index in [1.165, 1.54) is 32.5 Å². The number of fused-ring (bicyclic) bond motifs is 1. The molecule has 0 spiro atoms. The minimum absolute atomic E-state index is 0.855. The quantitative estimate of drug-likeness (QED) is 0.646. The van der Waals surface area contributed by atoms with Crippen molar-refractivity contribution in [1.82, 2.24) is 10.2 Å². The Hall–Kier alpha value is -0.0800. The Morgan fingerprint density at radius 3 is 2.29 bits per heavy atom. The third kappa shape index (κ3) is 3.58. The second kappa shape index (κ2) is 8.25. The highest BCUT2D eigenvalue weighted by Gasteiger charge is 2.32. The molecule has 2 heterocycles. The molecule has 0 bridgehead atoms. The topological polar surface area (TPSA) is 15.3 Å². The minimum atomic E-state index is 0.855. The van der Waals surface area contributed by atoms with Gasteiger partial charge in [0.15, 0.2) is 0 Å². The molecule has 2 nitrogen and oxygen atoms in total. The molecule has 2 fully saturated rings. The summed E-state index contributed by atoms with van der Waals surface area (Å²) in [5.74, 6) is 0.957. The predicted molar refractivity (Wildman–Crippen MR) is 64.7 cm³/mol. The fraction of sp³-hybridized carbons (Fsp3) is 1.00. The Morgan fingerprint density at radius 2 is 1.71 bits per heavy atom. The van der Waals surface area contributed by atoms with Crippen LogP contribution in [0.25, 0.3) is 0 Å². The summed E-state index contributed by atoms with van der Waals surface area (Å²) in [6, 6.07) is 0.855. The number of nitrogens with one attached hydrogen (secondary N) is 1. The number of piperidine rings is 1. The van der Waals surface area contributed by atoms with Crippen molar-refractivity contribution >= 4 is 0 Å². The molecule has 0 aromatic heterocycles. The molecule has 0 aromatic carbocycles. The molecule has 2 aliphatic heterocycles. The van der Waals surface area contributed by atoms with Crippen molar-refractivity contribution < 1.29 is 0 Å². The molecule has 0 aliphatic carbocycles. The molecule has 2 saturated heterocycles. The fourth-order valence-corrected chi connectivity index (χ4v) is 2.30. The Kier molecular flexibility index (Phi) is 8.20. The zero-order valence-corrected chi connectivity index (χ0v) is 10.6. The minimum Gasteiger partial charge on any atom is -0.315 e. The summed E-state index contributed by atoms with van der Waals surface area (Å²) in [6.45, 7) is 11.8. The SMILES string of the molecule is CC.CC.CN1CCCC2CNCC21. The molecule has 86 valence electrons. The van der Waals surface area contributed by atoms with Gasteiger partial charge in [-0.1, -0.05) is 27.7 Å². The Bertz CT molecular complexity index is 125. The van der Waals surface area contributed by atoms with E-state index in [1.54, 1.807) is 0 Å². The largest absolute Gasteiger partial charge is 0.315 e. The monoisotopic (exact) mass is 200 g/mol. The van der Waals surface area contributed by atoms with E-state index in [-0.39, 0.29) is 0 Å². The Balaban J connectivity index is 0.000000379. The molecule has 2 rings (SSSR count). The van der Waals surface area contributed by atoms with Gasteiger partial charge in [0.25, 0.3) is 0 Å². The third-order valence-electron chi connectivity index (χ3n) is 2.96. The van der Waals surface area contributed by atoms with Crippen molar-refractivity contribution in [3.05, 3.63) is 0 Å². The summed E-state index contributed by atoms with van der Waals surface area (Å²) >= 11 is 0. The normalized spacial score (nSPS) is 30.6. The summed E-state index contributed by atoms with van der Waals surface area (Å²) in [6.07, 6.45) is 2.85. The fourth-order valence-electron chi connectivity index (χ4n) is 2.30. The molecule has 2 atom stereocenters. The van der Waals surface area contributed by atoms with E-state index in [2.05, 4.69) is 17.3 Å². The second-order valence-electron chi connectivity index (χ2n) is 3.61. The van der Waals surface area contributed by atoms with Crippen LogP contribution < -0.4 is 5.32 Å². The van der Waals surface area contributed by atoms with Gasteiger partial charge in [0.2, 0.25) is 0 Å². The maximum atomic E-state index is 3.45. The molecule has 14 heavy (non-hydrogen) atoms. The van der Waals surface area contributed by atoms with E-state index >= 15 is 0 Å². The molecule has 2 heteroatoms. The lowest BCUT2D eigenvalue weighted by Crippen LogP contribution is -2.42. The van der Waals surface area contributed by atoms with Crippen LogP contribution in [0.2, 0.25) is 0 Å². The number of nitrogens with zero attached hydrogens (tertiary/aromatic N) is 1. The van der Waals surface area contributed by atoms with Gasteiger partial charge in [-0.2, -0.15) is 0 Å². The van der Waals surface area contributed by atoms with Crippen LogP contribution in [0.3, 0.4) is 0 Å². The van der Waals surface area contributed by atoms with Gasteiger partial charge in [-0.3, -0.25) is 0 Å². The zero-order chi connectivity index (χ0) is 11.0. The number of likely N-dealkylation sites (tertiary alicyclic amines) is 1. The second-order valence-corrected chi connectivity index (χ2v) is 3.61. The van der Waals surface area contributed by atoms with Crippen LogP contribution in [-0.4, -0.2) is 37.6 Å². The Labute approximate surface area is 90.1 Å². The predicted octanol–water partition coefficient (Wildman–Crippen LogP) is 2.35. The van der Waals surface area contributed by atoms with Crippen LogP contribution in [0, 0.1) is 5.92 Å². The van der Waals surface area contributed by atoms with Crippen LogP contribution in [0.15, 0.2) is 0 Å². The first-order valence-corrected chi connectivity index (χ1v) is 6.29. The van der Waals surface area contributed by atoms with Crippen molar-refractivity contribution in [2.45, 2.75) is 46.6 Å². The average Bonchev–Trinajstić information content (AvgIpc) is 2.73. The highest BCUT2D eigenvalue weighted by Crippen LogP contribution is 2.24. The summed E-state index contributed by atoms with van der Waals surface area (Å²) in [5.41, 5.74) is 0. The molecule has 0 saturated carbocycles.